The summed E-state index contributed by atoms with van der Waals surface area (Å²) < 4.78 is 0. The summed E-state index contributed by atoms with van der Waals surface area (Å²) in [6.45, 7) is 13.8. The van der Waals surface area contributed by atoms with Crippen molar-refractivity contribution in [1.29, 1.82) is 0 Å². The number of nitrogens with zero attached hydrogens (tertiary/aromatic N) is 1. The molecule has 0 bridgehead atoms. The number of allylic oxidation sites excluding steroid dienone is 1. The first-order chi connectivity index (χ1) is 7.04. The van der Waals surface area contributed by atoms with Crippen LogP contribution in [0.1, 0.15) is 46.5 Å². The summed E-state index contributed by atoms with van der Waals surface area (Å²) in [6, 6.07) is 0. The van der Waals surface area contributed by atoms with Gasteiger partial charge in [-0.15, -0.1) is 0 Å². The van der Waals surface area contributed by atoms with E-state index in [0.717, 1.165) is 11.8 Å². The maximum Gasteiger partial charge on any atom is 0.0208 e. The first-order valence-corrected chi connectivity index (χ1v) is 6.48. The highest BCUT2D eigenvalue weighted by Crippen LogP contribution is 2.52. The van der Waals surface area contributed by atoms with Gasteiger partial charge in [0.1, 0.15) is 0 Å². The van der Waals surface area contributed by atoms with Crippen molar-refractivity contribution < 1.29 is 0 Å². The smallest absolute Gasteiger partial charge is 0.0208 e. The molecular formula is C14H25N. The molecule has 1 nitrogen and oxygen atoms in total. The second-order valence-electron chi connectivity index (χ2n) is 6.10. The van der Waals surface area contributed by atoms with Gasteiger partial charge in [0, 0.05) is 18.8 Å². The molecule has 2 saturated carbocycles. The van der Waals surface area contributed by atoms with Gasteiger partial charge in [-0.25, -0.2) is 0 Å². The molecule has 2 rings (SSSR count). The molecule has 86 valence electrons. The Bertz CT molecular complexity index is 250. The zero-order valence-electron chi connectivity index (χ0n) is 10.6. The molecule has 0 radical (unpaired) electrons. The molecule has 0 aromatic carbocycles. The monoisotopic (exact) mass is 207 g/mol. The molecular weight excluding hydrogens is 182 g/mol. The van der Waals surface area contributed by atoms with E-state index in [-0.39, 0.29) is 0 Å². The van der Waals surface area contributed by atoms with E-state index in [1.165, 1.54) is 44.5 Å². The Balaban J connectivity index is 1.85. The molecule has 2 aliphatic carbocycles. The lowest BCUT2D eigenvalue weighted by atomic mass is 10.1. The van der Waals surface area contributed by atoms with E-state index < -0.39 is 0 Å². The topological polar surface area (TPSA) is 3.24 Å². The lowest BCUT2D eigenvalue weighted by Gasteiger charge is -2.27. The van der Waals surface area contributed by atoms with E-state index in [4.69, 9.17) is 0 Å². The highest BCUT2D eigenvalue weighted by molar-refractivity contribution is 5.09. The van der Waals surface area contributed by atoms with Gasteiger partial charge in [-0.1, -0.05) is 27.4 Å². The minimum absolute atomic E-state index is 0.607. The summed E-state index contributed by atoms with van der Waals surface area (Å²) in [5.41, 5.74) is 2.04. The van der Waals surface area contributed by atoms with Gasteiger partial charge in [-0.05, 0) is 42.9 Å². The Kier molecular flexibility index (Phi) is 2.83. The molecule has 1 atom stereocenters. The second kappa shape index (κ2) is 3.84. The molecule has 0 spiro atoms. The first kappa shape index (κ1) is 11.0. The van der Waals surface area contributed by atoms with Crippen LogP contribution in [0.15, 0.2) is 12.3 Å². The lowest BCUT2D eigenvalue weighted by molar-refractivity contribution is 0.299. The van der Waals surface area contributed by atoms with Crippen LogP contribution in [0.4, 0.5) is 0 Å². The van der Waals surface area contributed by atoms with Crippen LogP contribution in [-0.2, 0) is 0 Å². The van der Waals surface area contributed by atoms with Crippen molar-refractivity contribution in [2.75, 3.05) is 13.1 Å². The lowest BCUT2D eigenvalue weighted by Crippen LogP contribution is -2.27. The number of hydrogen-bond acceptors (Lipinski definition) is 1. The minimum Gasteiger partial charge on any atom is -0.375 e. The van der Waals surface area contributed by atoms with Crippen molar-refractivity contribution in [3.63, 3.8) is 0 Å². The maximum atomic E-state index is 4.29. The SMILES string of the molecule is C=C(C1CC1)N(CCC)CC1CC1(C)C. The van der Waals surface area contributed by atoms with Crippen molar-refractivity contribution in [2.24, 2.45) is 17.3 Å². The molecule has 0 heterocycles. The normalized spacial score (nSPS) is 27.5. The van der Waals surface area contributed by atoms with Gasteiger partial charge in [-0.3, -0.25) is 0 Å². The zero-order valence-corrected chi connectivity index (χ0v) is 10.6. The van der Waals surface area contributed by atoms with Crippen molar-refractivity contribution in [3.05, 3.63) is 12.3 Å². The number of hydrogen-bond donors (Lipinski definition) is 0. The minimum atomic E-state index is 0.607. The van der Waals surface area contributed by atoms with Gasteiger partial charge >= 0.3 is 0 Å². The van der Waals surface area contributed by atoms with Crippen molar-refractivity contribution in [1.82, 2.24) is 4.90 Å². The Hall–Kier alpha value is -0.460. The van der Waals surface area contributed by atoms with Crippen LogP contribution >= 0.6 is 0 Å². The largest absolute Gasteiger partial charge is 0.375 e. The third kappa shape index (κ3) is 2.56. The summed E-state index contributed by atoms with van der Waals surface area (Å²) in [5.74, 6) is 1.75. The number of rotatable bonds is 6. The Morgan fingerprint density at radius 2 is 2.00 bits per heavy atom. The predicted molar refractivity (Wildman–Crippen MR) is 65.6 cm³/mol. The Morgan fingerprint density at radius 1 is 1.40 bits per heavy atom. The van der Waals surface area contributed by atoms with Crippen molar-refractivity contribution in [2.45, 2.75) is 46.5 Å². The van der Waals surface area contributed by atoms with Crippen molar-refractivity contribution in [3.8, 4) is 0 Å². The highest BCUT2D eigenvalue weighted by atomic mass is 15.1. The Morgan fingerprint density at radius 3 is 2.40 bits per heavy atom. The van der Waals surface area contributed by atoms with E-state index in [2.05, 4.69) is 32.3 Å². The first-order valence-electron chi connectivity index (χ1n) is 6.48. The van der Waals surface area contributed by atoms with Crippen LogP contribution in [0.2, 0.25) is 0 Å². The van der Waals surface area contributed by atoms with Crippen LogP contribution < -0.4 is 0 Å². The Labute approximate surface area is 94.5 Å². The molecule has 1 unspecified atom stereocenters. The standard InChI is InChI=1S/C14H25N/c1-5-8-15(11(2)12-6-7-12)10-13-9-14(13,3)4/h12-13H,2,5-10H2,1,3-4H3. The summed E-state index contributed by atoms with van der Waals surface area (Å²) in [6.07, 6.45) is 5.42. The molecule has 0 amide bonds. The molecule has 0 aromatic rings. The molecule has 2 aliphatic rings. The van der Waals surface area contributed by atoms with Crippen LogP contribution in [-0.4, -0.2) is 18.0 Å². The van der Waals surface area contributed by atoms with Gasteiger partial charge < -0.3 is 4.90 Å². The summed E-state index contributed by atoms with van der Waals surface area (Å²) in [5, 5.41) is 0. The summed E-state index contributed by atoms with van der Waals surface area (Å²) in [7, 11) is 0. The zero-order chi connectivity index (χ0) is 11.1. The van der Waals surface area contributed by atoms with E-state index >= 15 is 0 Å². The molecule has 15 heavy (non-hydrogen) atoms. The highest BCUT2D eigenvalue weighted by Gasteiger charge is 2.46. The van der Waals surface area contributed by atoms with Gasteiger partial charge in [0.15, 0.2) is 0 Å². The maximum absolute atomic E-state index is 4.29. The quantitative estimate of drug-likeness (QED) is 0.642. The predicted octanol–water partition coefficient (Wildman–Crippen LogP) is 3.67. The van der Waals surface area contributed by atoms with Gasteiger partial charge in [0.2, 0.25) is 0 Å². The fourth-order valence-corrected chi connectivity index (χ4v) is 2.45. The van der Waals surface area contributed by atoms with Gasteiger partial charge in [0.25, 0.3) is 0 Å². The average Bonchev–Trinajstić information content (AvgIpc) is 3.03. The molecule has 0 aromatic heterocycles. The molecule has 0 aliphatic heterocycles. The second-order valence-corrected chi connectivity index (χ2v) is 6.10. The third-order valence-electron chi connectivity index (χ3n) is 4.11. The van der Waals surface area contributed by atoms with E-state index in [9.17, 15) is 0 Å². The molecule has 0 N–H and O–H groups in total. The van der Waals surface area contributed by atoms with Gasteiger partial charge in [-0.2, -0.15) is 0 Å². The average molecular weight is 207 g/mol. The van der Waals surface area contributed by atoms with E-state index in [0.29, 0.717) is 5.41 Å². The fraction of sp³-hybridized carbons (Fsp3) is 0.857. The van der Waals surface area contributed by atoms with Crippen LogP contribution in [0.25, 0.3) is 0 Å². The van der Waals surface area contributed by atoms with E-state index in [1.807, 2.05) is 0 Å². The molecule has 2 fully saturated rings. The van der Waals surface area contributed by atoms with E-state index in [1.54, 1.807) is 0 Å². The molecule has 0 saturated heterocycles. The summed E-state index contributed by atoms with van der Waals surface area (Å²) >= 11 is 0. The summed E-state index contributed by atoms with van der Waals surface area (Å²) in [4.78, 5) is 2.57. The van der Waals surface area contributed by atoms with Crippen molar-refractivity contribution >= 4 is 0 Å². The van der Waals surface area contributed by atoms with Crippen LogP contribution in [0.3, 0.4) is 0 Å². The van der Waals surface area contributed by atoms with Gasteiger partial charge in [0.05, 0.1) is 0 Å². The molecule has 1 heteroatoms. The van der Waals surface area contributed by atoms with Crippen LogP contribution in [0, 0.1) is 17.3 Å². The fourth-order valence-electron chi connectivity index (χ4n) is 2.45. The third-order valence-corrected chi connectivity index (χ3v) is 4.11. The van der Waals surface area contributed by atoms with Crippen LogP contribution in [0.5, 0.6) is 0 Å².